The van der Waals surface area contributed by atoms with E-state index in [9.17, 15) is 4.79 Å². The zero-order valence-electron chi connectivity index (χ0n) is 11.1. The smallest absolute Gasteiger partial charge is 0.277 e. The van der Waals surface area contributed by atoms with Gasteiger partial charge in [0.05, 0.1) is 10.0 Å². The van der Waals surface area contributed by atoms with Crippen molar-refractivity contribution < 1.29 is 9.32 Å². The molecule has 0 saturated heterocycles. The fraction of sp³-hybridized carbons (Fsp3) is 0. The minimum atomic E-state index is -0.401. The number of hydrogen-bond donors (Lipinski definition) is 1. The Labute approximate surface area is 135 Å². The molecule has 0 spiro atoms. The normalized spacial score (nSPS) is 10.5. The molecule has 0 saturated carbocycles. The van der Waals surface area contributed by atoms with Gasteiger partial charge >= 0.3 is 0 Å². The molecule has 110 valence electrons. The van der Waals surface area contributed by atoms with Crippen LogP contribution in [-0.4, -0.2) is 16.0 Å². The third-order valence-corrected chi connectivity index (χ3v) is 3.62. The van der Waals surface area contributed by atoms with Crippen molar-refractivity contribution in [3.05, 3.63) is 64.5 Å². The molecular formula is C15H9Cl2N3O2. The molecule has 22 heavy (non-hydrogen) atoms. The van der Waals surface area contributed by atoms with Crippen LogP contribution in [0.3, 0.4) is 0 Å². The first-order valence-electron chi connectivity index (χ1n) is 6.27. The maximum Gasteiger partial charge on any atom is 0.277 e. The summed E-state index contributed by atoms with van der Waals surface area (Å²) in [5.41, 5.74) is 1.47. The Bertz CT molecular complexity index is 819. The molecule has 0 unspecified atom stereocenters. The lowest BCUT2D eigenvalue weighted by molar-refractivity contribution is 0.101. The zero-order valence-corrected chi connectivity index (χ0v) is 12.6. The molecule has 0 aliphatic rings. The largest absolute Gasteiger partial charge is 0.355 e. The number of nitrogens with one attached hydrogen (secondary N) is 1. The Morgan fingerprint density at radius 3 is 2.55 bits per heavy atom. The van der Waals surface area contributed by atoms with E-state index >= 15 is 0 Å². The van der Waals surface area contributed by atoms with Crippen molar-refractivity contribution in [1.29, 1.82) is 0 Å². The molecule has 3 rings (SSSR count). The van der Waals surface area contributed by atoms with Gasteiger partial charge in [0.25, 0.3) is 5.91 Å². The fourth-order valence-electron chi connectivity index (χ4n) is 1.80. The SMILES string of the molecule is O=C(Nc1ccc(Cl)c(Cl)c1)c1cc(-c2ccncc2)on1. The molecule has 2 aromatic heterocycles. The highest BCUT2D eigenvalue weighted by atomic mass is 35.5. The van der Waals surface area contributed by atoms with Crippen molar-refractivity contribution in [2.45, 2.75) is 0 Å². The summed E-state index contributed by atoms with van der Waals surface area (Å²) in [7, 11) is 0. The van der Waals surface area contributed by atoms with Crippen LogP contribution in [0.1, 0.15) is 10.5 Å². The molecule has 1 amide bonds. The molecule has 2 heterocycles. The highest BCUT2D eigenvalue weighted by Crippen LogP contribution is 2.25. The first-order valence-corrected chi connectivity index (χ1v) is 7.02. The van der Waals surface area contributed by atoms with Crippen molar-refractivity contribution in [2.24, 2.45) is 0 Å². The summed E-state index contributed by atoms with van der Waals surface area (Å²) >= 11 is 11.7. The van der Waals surface area contributed by atoms with Gasteiger partial charge < -0.3 is 9.84 Å². The Hall–Kier alpha value is -2.37. The van der Waals surface area contributed by atoms with Crippen molar-refractivity contribution in [3.8, 4) is 11.3 Å². The molecule has 0 fully saturated rings. The number of carbonyl (C=O) groups is 1. The molecule has 0 aliphatic heterocycles. The van der Waals surface area contributed by atoms with Crippen LogP contribution in [-0.2, 0) is 0 Å². The van der Waals surface area contributed by atoms with E-state index in [-0.39, 0.29) is 5.69 Å². The molecule has 0 bridgehead atoms. The van der Waals surface area contributed by atoms with Crippen molar-refractivity contribution >= 4 is 34.8 Å². The summed E-state index contributed by atoms with van der Waals surface area (Å²) in [6, 6.07) is 9.90. The summed E-state index contributed by atoms with van der Waals surface area (Å²) in [5.74, 6) is 0.0872. The number of pyridine rings is 1. The van der Waals surface area contributed by atoms with E-state index in [0.29, 0.717) is 21.5 Å². The van der Waals surface area contributed by atoms with Crippen LogP contribution < -0.4 is 5.32 Å². The summed E-state index contributed by atoms with van der Waals surface area (Å²) in [6.45, 7) is 0. The first-order chi connectivity index (χ1) is 10.6. The van der Waals surface area contributed by atoms with E-state index in [4.69, 9.17) is 27.7 Å². The quantitative estimate of drug-likeness (QED) is 0.776. The number of anilines is 1. The number of benzene rings is 1. The van der Waals surface area contributed by atoms with Gasteiger partial charge in [-0.1, -0.05) is 28.4 Å². The number of carbonyl (C=O) groups excluding carboxylic acids is 1. The second-order valence-corrected chi connectivity index (χ2v) is 5.21. The molecule has 5 nitrogen and oxygen atoms in total. The number of amides is 1. The van der Waals surface area contributed by atoms with Gasteiger partial charge in [-0.2, -0.15) is 0 Å². The maximum absolute atomic E-state index is 12.1. The predicted octanol–water partition coefficient (Wildman–Crippen LogP) is 4.30. The van der Waals surface area contributed by atoms with Gasteiger partial charge in [-0.3, -0.25) is 9.78 Å². The first kappa shape index (κ1) is 14.6. The lowest BCUT2D eigenvalue weighted by Gasteiger charge is -2.03. The topological polar surface area (TPSA) is 68.0 Å². The average Bonchev–Trinajstić information content (AvgIpc) is 3.02. The number of halogens is 2. The van der Waals surface area contributed by atoms with E-state index in [1.54, 1.807) is 48.8 Å². The highest BCUT2D eigenvalue weighted by molar-refractivity contribution is 6.42. The molecule has 3 aromatic rings. The zero-order chi connectivity index (χ0) is 15.5. The second-order valence-electron chi connectivity index (χ2n) is 4.40. The summed E-state index contributed by atoms with van der Waals surface area (Å²) in [6.07, 6.45) is 3.26. The Morgan fingerprint density at radius 2 is 1.82 bits per heavy atom. The Morgan fingerprint density at radius 1 is 1.05 bits per heavy atom. The molecule has 0 radical (unpaired) electrons. The summed E-state index contributed by atoms with van der Waals surface area (Å²) in [4.78, 5) is 16.1. The van der Waals surface area contributed by atoms with E-state index in [1.165, 1.54) is 0 Å². The molecule has 0 aliphatic carbocycles. The number of rotatable bonds is 3. The minimum Gasteiger partial charge on any atom is -0.355 e. The number of aromatic nitrogens is 2. The van der Waals surface area contributed by atoms with Crippen LogP contribution in [0.5, 0.6) is 0 Å². The monoisotopic (exact) mass is 333 g/mol. The van der Waals surface area contributed by atoms with Gasteiger partial charge in [-0.15, -0.1) is 0 Å². The standard InChI is InChI=1S/C15H9Cl2N3O2/c16-11-2-1-10(7-12(11)17)19-15(21)13-8-14(22-20-13)9-3-5-18-6-4-9/h1-8H,(H,19,21). The van der Waals surface area contributed by atoms with Gasteiger partial charge in [0.1, 0.15) is 0 Å². The number of nitrogens with zero attached hydrogens (tertiary/aromatic N) is 2. The molecule has 1 N–H and O–H groups in total. The molecule has 1 aromatic carbocycles. The highest BCUT2D eigenvalue weighted by Gasteiger charge is 2.14. The fourth-order valence-corrected chi connectivity index (χ4v) is 2.10. The van der Waals surface area contributed by atoms with Gasteiger partial charge in [0.2, 0.25) is 0 Å². The average molecular weight is 334 g/mol. The van der Waals surface area contributed by atoms with E-state index < -0.39 is 5.91 Å². The van der Waals surface area contributed by atoms with E-state index in [1.807, 2.05) is 0 Å². The van der Waals surface area contributed by atoms with Gasteiger partial charge in [0, 0.05) is 29.7 Å². The second kappa shape index (κ2) is 6.17. The van der Waals surface area contributed by atoms with E-state index in [2.05, 4.69) is 15.5 Å². The summed E-state index contributed by atoms with van der Waals surface area (Å²) < 4.78 is 5.17. The Balaban J connectivity index is 1.78. The van der Waals surface area contributed by atoms with Crippen LogP contribution in [0.25, 0.3) is 11.3 Å². The number of hydrogen-bond acceptors (Lipinski definition) is 4. The lowest BCUT2D eigenvalue weighted by Crippen LogP contribution is -2.12. The van der Waals surface area contributed by atoms with Gasteiger partial charge in [-0.05, 0) is 30.3 Å². The molecule has 7 heteroatoms. The maximum atomic E-state index is 12.1. The molecular weight excluding hydrogens is 325 g/mol. The van der Waals surface area contributed by atoms with Crippen molar-refractivity contribution in [1.82, 2.24) is 10.1 Å². The lowest BCUT2D eigenvalue weighted by atomic mass is 10.2. The third-order valence-electron chi connectivity index (χ3n) is 2.89. The van der Waals surface area contributed by atoms with E-state index in [0.717, 1.165) is 5.56 Å². The van der Waals surface area contributed by atoms with Crippen LogP contribution >= 0.6 is 23.2 Å². The van der Waals surface area contributed by atoms with Crippen LogP contribution in [0.2, 0.25) is 10.0 Å². The van der Waals surface area contributed by atoms with Crippen LogP contribution in [0, 0.1) is 0 Å². The van der Waals surface area contributed by atoms with Crippen LogP contribution in [0.4, 0.5) is 5.69 Å². The van der Waals surface area contributed by atoms with Gasteiger partial charge in [-0.25, -0.2) is 0 Å². The molecule has 0 atom stereocenters. The predicted molar refractivity (Wildman–Crippen MR) is 84.1 cm³/mol. The summed E-state index contributed by atoms with van der Waals surface area (Å²) in [5, 5.41) is 7.21. The minimum absolute atomic E-state index is 0.165. The third kappa shape index (κ3) is 3.10. The van der Waals surface area contributed by atoms with Crippen molar-refractivity contribution in [3.63, 3.8) is 0 Å². The van der Waals surface area contributed by atoms with Crippen LogP contribution in [0.15, 0.2) is 53.3 Å². The van der Waals surface area contributed by atoms with Gasteiger partial charge in [0.15, 0.2) is 11.5 Å². The van der Waals surface area contributed by atoms with Crippen molar-refractivity contribution in [2.75, 3.05) is 5.32 Å². The Kier molecular flexibility index (Phi) is 4.09.